The molecule has 142 valence electrons. The molecule has 0 aliphatic carbocycles. The summed E-state index contributed by atoms with van der Waals surface area (Å²) in [6.45, 7) is 10.6. The van der Waals surface area contributed by atoms with E-state index in [1.807, 2.05) is 19.1 Å². The molecule has 0 bridgehead atoms. The van der Waals surface area contributed by atoms with E-state index in [9.17, 15) is 4.79 Å². The minimum Gasteiger partial charge on any atom is -0.353 e. The van der Waals surface area contributed by atoms with Gasteiger partial charge in [0.25, 0.3) is 0 Å². The van der Waals surface area contributed by atoms with Crippen LogP contribution in [0, 0.1) is 0 Å². The number of hydrogen-bond acceptors (Lipinski definition) is 5. The van der Waals surface area contributed by atoms with Crippen molar-refractivity contribution in [3.8, 4) is 11.4 Å². The summed E-state index contributed by atoms with van der Waals surface area (Å²) in [5.74, 6) is 6.98. The van der Waals surface area contributed by atoms with Gasteiger partial charge in [0.1, 0.15) is 0 Å². The fourth-order valence-electron chi connectivity index (χ4n) is 2.64. The molecule has 0 saturated heterocycles. The third-order valence-corrected chi connectivity index (χ3v) is 5.08. The van der Waals surface area contributed by atoms with E-state index in [4.69, 9.17) is 5.84 Å². The Balaban J connectivity index is 2.02. The lowest BCUT2D eigenvalue weighted by atomic mass is 9.87. The van der Waals surface area contributed by atoms with Gasteiger partial charge in [-0.15, -0.1) is 10.2 Å². The van der Waals surface area contributed by atoms with E-state index >= 15 is 0 Å². The summed E-state index contributed by atoms with van der Waals surface area (Å²) in [6.07, 6.45) is 2.02. The number of benzene rings is 1. The van der Waals surface area contributed by atoms with E-state index in [0.29, 0.717) is 11.0 Å². The number of thioether (sulfide) groups is 1. The average Bonchev–Trinajstić information content (AvgIpc) is 2.93. The van der Waals surface area contributed by atoms with Gasteiger partial charge < -0.3 is 11.2 Å². The topological polar surface area (TPSA) is 85.8 Å². The van der Waals surface area contributed by atoms with E-state index in [2.05, 4.69) is 55.3 Å². The van der Waals surface area contributed by atoms with Gasteiger partial charge in [-0.3, -0.25) is 4.79 Å². The molecule has 1 amide bonds. The minimum atomic E-state index is -0.0185. The van der Waals surface area contributed by atoms with Gasteiger partial charge in [-0.1, -0.05) is 70.1 Å². The lowest BCUT2D eigenvalue weighted by molar-refractivity contribution is -0.119. The SMILES string of the molecule is CCCC(C)NC(=O)CSc1nnc(-c2ccc(C(C)(C)C)cc2)n1N. The zero-order chi connectivity index (χ0) is 19.3. The molecule has 0 aliphatic heterocycles. The van der Waals surface area contributed by atoms with Crippen LogP contribution in [0.15, 0.2) is 29.4 Å². The lowest BCUT2D eigenvalue weighted by Gasteiger charge is -2.19. The lowest BCUT2D eigenvalue weighted by Crippen LogP contribution is -2.33. The Labute approximate surface area is 159 Å². The predicted octanol–water partition coefficient (Wildman–Crippen LogP) is 3.35. The molecule has 0 aliphatic rings. The number of nitrogen functional groups attached to an aromatic ring is 1. The molecule has 2 rings (SSSR count). The predicted molar refractivity (Wildman–Crippen MR) is 108 cm³/mol. The van der Waals surface area contributed by atoms with Crippen LogP contribution in [0.4, 0.5) is 0 Å². The Morgan fingerprint density at radius 1 is 1.27 bits per heavy atom. The summed E-state index contributed by atoms with van der Waals surface area (Å²) >= 11 is 1.29. The highest BCUT2D eigenvalue weighted by Gasteiger charge is 2.17. The molecule has 1 aromatic carbocycles. The summed E-state index contributed by atoms with van der Waals surface area (Å²) in [5.41, 5.74) is 2.25. The number of carbonyl (C=O) groups excluding carboxylic acids is 1. The van der Waals surface area contributed by atoms with E-state index in [0.717, 1.165) is 18.4 Å². The maximum Gasteiger partial charge on any atom is 0.230 e. The molecular weight excluding hydrogens is 346 g/mol. The molecule has 1 aromatic heterocycles. The van der Waals surface area contributed by atoms with Crippen molar-refractivity contribution in [1.29, 1.82) is 0 Å². The number of nitrogens with two attached hydrogens (primary N) is 1. The first-order chi connectivity index (χ1) is 12.2. The molecule has 26 heavy (non-hydrogen) atoms. The second-order valence-corrected chi connectivity index (χ2v) is 8.49. The van der Waals surface area contributed by atoms with Gasteiger partial charge in [0.2, 0.25) is 11.1 Å². The Hall–Kier alpha value is -2.02. The molecule has 0 fully saturated rings. The van der Waals surface area contributed by atoms with E-state index in [-0.39, 0.29) is 23.1 Å². The first-order valence-electron chi connectivity index (χ1n) is 8.96. The van der Waals surface area contributed by atoms with Crippen LogP contribution >= 0.6 is 11.8 Å². The van der Waals surface area contributed by atoms with Crippen LogP contribution in [0.3, 0.4) is 0 Å². The fraction of sp³-hybridized carbons (Fsp3) is 0.526. The molecule has 2 aromatic rings. The summed E-state index contributed by atoms with van der Waals surface area (Å²) in [4.78, 5) is 12.0. The van der Waals surface area contributed by atoms with Crippen LogP contribution in [0.1, 0.15) is 53.0 Å². The maximum atomic E-state index is 12.0. The van der Waals surface area contributed by atoms with Gasteiger partial charge in [0.05, 0.1) is 5.75 Å². The number of nitrogens with zero attached hydrogens (tertiary/aromatic N) is 3. The summed E-state index contributed by atoms with van der Waals surface area (Å²) in [5, 5.41) is 11.8. The molecular formula is C19H29N5OS. The van der Waals surface area contributed by atoms with Crippen molar-refractivity contribution in [2.75, 3.05) is 11.6 Å². The Bertz CT molecular complexity index is 733. The van der Waals surface area contributed by atoms with Crippen LogP contribution in [0.5, 0.6) is 0 Å². The molecule has 1 heterocycles. The molecule has 0 radical (unpaired) electrons. The molecule has 1 atom stereocenters. The van der Waals surface area contributed by atoms with Crippen LogP contribution in [-0.4, -0.2) is 32.6 Å². The first-order valence-corrected chi connectivity index (χ1v) is 9.94. The summed E-state index contributed by atoms with van der Waals surface area (Å²) < 4.78 is 1.44. The van der Waals surface area contributed by atoms with Crippen molar-refractivity contribution in [1.82, 2.24) is 20.2 Å². The fourth-order valence-corrected chi connectivity index (χ4v) is 3.31. The quantitative estimate of drug-likeness (QED) is 0.572. The van der Waals surface area contributed by atoms with Crippen molar-refractivity contribution < 1.29 is 4.79 Å². The number of carbonyl (C=O) groups is 1. The maximum absolute atomic E-state index is 12.0. The Morgan fingerprint density at radius 3 is 2.50 bits per heavy atom. The minimum absolute atomic E-state index is 0.0185. The van der Waals surface area contributed by atoms with Crippen molar-refractivity contribution >= 4 is 17.7 Å². The summed E-state index contributed by atoms with van der Waals surface area (Å²) in [7, 11) is 0. The second-order valence-electron chi connectivity index (χ2n) is 7.55. The highest BCUT2D eigenvalue weighted by Crippen LogP contribution is 2.26. The van der Waals surface area contributed by atoms with Crippen molar-refractivity contribution in [3.05, 3.63) is 29.8 Å². The Morgan fingerprint density at radius 2 is 1.92 bits per heavy atom. The van der Waals surface area contributed by atoms with Gasteiger partial charge in [-0.25, -0.2) is 4.68 Å². The number of rotatable bonds is 7. The number of aromatic nitrogens is 3. The molecule has 0 spiro atoms. The third kappa shape index (κ3) is 5.24. The van der Waals surface area contributed by atoms with E-state index in [1.54, 1.807) is 0 Å². The van der Waals surface area contributed by atoms with Crippen molar-refractivity contribution in [3.63, 3.8) is 0 Å². The van der Waals surface area contributed by atoms with E-state index in [1.165, 1.54) is 22.0 Å². The van der Waals surface area contributed by atoms with Crippen LogP contribution in [0.2, 0.25) is 0 Å². The van der Waals surface area contributed by atoms with Gasteiger partial charge in [-0.05, 0) is 24.3 Å². The molecule has 6 nitrogen and oxygen atoms in total. The third-order valence-electron chi connectivity index (χ3n) is 4.14. The number of amides is 1. The Kier molecular flexibility index (Phi) is 6.69. The first kappa shape index (κ1) is 20.3. The molecule has 1 unspecified atom stereocenters. The monoisotopic (exact) mass is 375 g/mol. The normalized spacial score (nSPS) is 12.8. The van der Waals surface area contributed by atoms with Crippen molar-refractivity contribution in [2.45, 2.75) is 64.1 Å². The van der Waals surface area contributed by atoms with Gasteiger partial charge in [0, 0.05) is 11.6 Å². The molecule has 3 N–H and O–H groups in total. The second kappa shape index (κ2) is 8.58. The van der Waals surface area contributed by atoms with Crippen LogP contribution in [-0.2, 0) is 10.2 Å². The van der Waals surface area contributed by atoms with Gasteiger partial charge >= 0.3 is 0 Å². The highest BCUT2D eigenvalue weighted by atomic mass is 32.2. The number of nitrogens with one attached hydrogen (secondary N) is 1. The zero-order valence-electron chi connectivity index (χ0n) is 16.2. The summed E-state index contributed by atoms with van der Waals surface area (Å²) in [6, 6.07) is 8.35. The molecule has 7 heteroatoms. The zero-order valence-corrected chi connectivity index (χ0v) is 17.1. The number of hydrogen-bond donors (Lipinski definition) is 2. The largest absolute Gasteiger partial charge is 0.353 e. The standard InChI is InChI=1S/C19H29N5OS/c1-6-7-13(2)21-16(25)12-26-18-23-22-17(24(18)20)14-8-10-15(11-9-14)19(3,4)5/h8-11,13H,6-7,12,20H2,1-5H3,(H,21,25). The van der Waals surface area contributed by atoms with Crippen LogP contribution in [0.25, 0.3) is 11.4 Å². The van der Waals surface area contributed by atoms with Crippen molar-refractivity contribution in [2.24, 2.45) is 0 Å². The van der Waals surface area contributed by atoms with Gasteiger partial charge in [0.15, 0.2) is 5.82 Å². The average molecular weight is 376 g/mol. The highest BCUT2D eigenvalue weighted by molar-refractivity contribution is 7.99. The smallest absolute Gasteiger partial charge is 0.230 e. The van der Waals surface area contributed by atoms with Crippen LogP contribution < -0.4 is 11.2 Å². The van der Waals surface area contributed by atoms with Gasteiger partial charge in [-0.2, -0.15) is 0 Å². The van der Waals surface area contributed by atoms with E-state index < -0.39 is 0 Å². The molecule has 0 saturated carbocycles.